The number of carboxylic acids is 1. The first kappa shape index (κ1) is 18.3. The monoisotopic (exact) mass is 379 g/mol. The van der Waals surface area contributed by atoms with Crippen molar-refractivity contribution in [2.75, 3.05) is 26.7 Å². The molecular formula is C18H22ClN3O2S. The largest absolute Gasteiger partial charge is 0.480 e. The van der Waals surface area contributed by atoms with Crippen LogP contribution in [0.4, 0.5) is 0 Å². The molecule has 1 saturated heterocycles. The first-order valence-electron chi connectivity index (χ1n) is 8.36. The van der Waals surface area contributed by atoms with E-state index in [0.29, 0.717) is 6.04 Å². The summed E-state index contributed by atoms with van der Waals surface area (Å²) in [6.45, 7) is 3.00. The summed E-state index contributed by atoms with van der Waals surface area (Å²) < 4.78 is 0. The summed E-state index contributed by atoms with van der Waals surface area (Å²) >= 11 is 7.65. The number of benzene rings is 1. The summed E-state index contributed by atoms with van der Waals surface area (Å²) in [7, 11) is 1.90. The van der Waals surface area contributed by atoms with Crippen LogP contribution in [0.25, 0.3) is 10.6 Å². The maximum absolute atomic E-state index is 10.8. The van der Waals surface area contributed by atoms with Crippen LogP contribution in [-0.2, 0) is 11.3 Å². The van der Waals surface area contributed by atoms with Crippen LogP contribution in [0.3, 0.4) is 0 Å². The molecule has 0 aliphatic carbocycles. The lowest BCUT2D eigenvalue weighted by molar-refractivity contribution is -0.138. The van der Waals surface area contributed by atoms with Crippen LogP contribution in [0.5, 0.6) is 0 Å². The van der Waals surface area contributed by atoms with Gasteiger partial charge in [0.25, 0.3) is 0 Å². The number of hydrogen-bond acceptors (Lipinski definition) is 5. The van der Waals surface area contributed by atoms with Crippen LogP contribution in [0.2, 0.25) is 5.02 Å². The molecule has 7 heteroatoms. The zero-order valence-electron chi connectivity index (χ0n) is 14.2. The van der Waals surface area contributed by atoms with E-state index in [9.17, 15) is 4.79 Å². The molecule has 0 spiro atoms. The van der Waals surface area contributed by atoms with E-state index in [4.69, 9.17) is 16.7 Å². The fraction of sp³-hybridized carbons (Fsp3) is 0.444. The first-order valence-corrected chi connectivity index (χ1v) is 9.56. The second-order valence-corrected chi connectivity index (χ2v) is 8.01. The van der Waals surface area contributed by atoms with Crippen molar-refractivity contribution in [3.8, 4) is 10.6 Å². The normalized spacial score (nSPS) is 16.4. The standard InChI is InChI=1S/C18H22ClN3O2S/c1-21(12-17(23)24)15-6-8-22(9-7-15)11-16-10-20-18(25-16)13-2-4-14(19)5-3-13/h2-5,10,15H,6-9,11-12H2,1H3,(H,23,24). The fourth-order valence-corrected chi connectivity index (χ4v) is 4.27. The van der Waals surface area contributed by atoms with Gasteiger partial charge in [0.1, 0.15) is 5.01 Å². The van der Waals surface area contributed by atoms with Crippen LogP contribution in [0.1, 0.15) is 17.7 Å². The second kappa shape index (κ2) is 8.27. The first-order chi connectivity index (χ1) is 12.0. The highest BCUT2D eigenvalue weighted by Crippen LogP contribution is 2.28. The molecule has 1 aromatic heterocycles. The zero-order chi connectivity index (χ0) is 17.8. The molecular weight excluding hydrogens is 358 g/mol. The van der Waals surface area contributed by atoms with E-state index >= 15 is 0 Å². The third-order valence-corrected chi connectivity index (χ3v) is 5.87. The summed E-state index contributed by atoms with van der Waals surface area (Å²) in [5, 5.41) is 10.7. The number of likely N-dealkylation sites (N-methyl/N-ethyl adjacent to an activating group) is 1. The van der Waals surface area contributed by atoms with Gasteiger partial charge in [0.05, 0.1) is 6.54 Å². The average Bonchev–Trinajstić information content (AvgIpc) is 3.04. The molecule has 134 valence electrons. The molecule has 25 heavy (non-hydrogen) atoms. The van der Waals surface area contributed by atoms with Crippen LogP contribution in [0, 0.1) is 0 Å². The topological polar surface area (TPSA) is 56.7 Å². The summed E-state index contributed by atoms with van der Waals surface area (Å²) in [5.41, 5.74) is 1.09. The van der Waals surface area contributed by atoms with Crippen molar-refractivity contribution < 1.29 is 9.90 Å². The lowest BCUT2D eigenvalue weighted by Crippen LogP contribution is -2.44. The maximum atomic E-state index is 10.8. The Kier molecular flexibility index (Phi) is 6.06. The second-order valence-electron chi connectivity index (χ2n) is 6.45. The van der Waals surface area contributed by atoms with Gasteiger partial charge in [-0.3, -0.25) is 14.6 Å². The number of hydrogen-bond donors (Lipinski definition) is 1. The molecule has 5 nitrogen and oxygen atoms in total. The Morgan fingerprint density at radius 3 is 2.68 bits per heavy atom. The fourth-order valence-electron chi connectivity index (χ4n) is 3.19. The van der Waals surface area contributed by atoms with E-state index in [2.05, 4.69) is 9.88 Å². The summed E-state index contributed by atoms with van der Waals surface area (Å²) in [5.74, 6) is -0.760. The van der Waals surface area contributed by atoms with E-state index in [1.165, 1.54) is 4.88 Å². The van der Waals surface area contributed by atoms with Gasteiger partial charge in [-0.05, 0) is 32.0 Å². The predicted octanol–water partition coefficient (Wildman–Crippen LogP) is 3.44. The Labute approximate surface area is 156 Å². The zero-order valence-corrected chi connectivity index (χ0v) is 15.8. The van der Waals surface area contributed by atoms with Crippen LogP contribution in [0.15, 0.2) is 30.5 Å². The van der Waals surface area contributed by atoms with E-state index in [1.54, 1.807) is 11.3 Å². The Morgan fingerprint density at radius 1 is 1.36 bits per heavy atom. The number of likely N-dealkylation sites (tertiary alicyclic amines) is 1. The lowest BCUT2D eigenvalue weighted by Gasteiger charge is -2.35. The van der Waals surface area contributed by atoms with Crippen LogP contribution < -0.4 is 0 Å². The number of carbonyl (C=O) groups is 1. The molecule has 0 atom stereocenters. The molecule has 0 amide bonds. The van der Waals surface area contributed by atoms with E-state index < -0.39 is 5.97 Å². The van der Waals surface area contributed by atoms with Crippen molar-refractivity contribution >= 4 is 28.9 Å². The maximum Gasteiger partial charge on any atom is 0.317 e. The molecule has 1 fully saturated rings. The molecule has 0 saturated carbocycles. The van der Waals surface area contributed by atoms with Gasteiger partial charge in [0.15, 0.2) is 0 Å². The molecule has 1 aromatic carbocycles. The van der Waals surface area contributed by atoms with Gasteiger partial charge in [-0.15, -0.1) is 11.3 Å². The SMILES string of the molecule is CN(CC(=O)O)C1CCN(Cc2cnc(-c3ccc(Cl)cc3)s2)CC1. The summed E-state index contributed by atoms with van der Waals surface area (Å²) in [6, 6.07) is 8.12. The van der Waals surface area contributed by atoms with Crippen molar-refractivity contribution in [1.82, 2.24) is 14.8 Å². The molecule has 1 aliphatic heterocycles. The minimum absolute atomic E-state index is 0.115. The minimum atomic E-state index is -0.760. The van der Waals surface area contributed by atoms with Crippen molar-refractivity contribution in [2.24, 2.45) is 0 Å². The van der Waals surface area contributed by atoms with E-state index in [0.717, 1.165) is 48.1 Å². The lowest BCUT2D eigenvalue weighted by atomic mass is 10.0. The van der Waals surface area contributed by atoms with Crippen LogP contribution in [-0.4, -0.2) is 58.6 Å². The average molecular weight is 380 g/mol. The van der Waals surface area contributed by atoms with Crippen molar-refractivity contribution in [3.05, 3.63) is 40.4 Å². The van der Waals surface area contributed by atoms with Crippen LogP contribution >= 0.6 is 22.9 Å². The third kappa shape index (κ3) is 5.01. The quantitative estimate of drug-likeness (QED) is 0.833. The molecule has 0 unspecified atom stereocenters. The van der Waals surface area contributed by atoms with Gasteiger partial charge in [-0.1, -0.05) is 23.7 Å². The van der Waals surface area contributed by atoms with Crippen molar-refractivity contribution in [1.29, 1.82) is 0 Å². The molecule has 2 aromatic rings. The Bertz CT molecular complexity index is 711. The highest BCUT2D eigenvalue weighted by molar-refractivity contribution is 7.15. The molecule has 0 radical (unpaired) electrons. The molecule has 0 bridgehead atoms. The molecule has 1 N–H and O–H groups in total. The number of nitrogens with zero attached hydrogens (tertiary/aromatic N) is 3. The number of piperidine rings is 1. The molecule has 2 heterocycles. The smallest absolute Gasteiger partial charge is 0.317 e. The Hall–Kier alpha value is -1.47. The van der Waals surface area contributed by atoms with Gasteiger partial charge in [0.2, 0.25) is 0 Å². The number of halogens is 1. The Morgan fingerprint density at radius 2 is 2.04 bits per heavy atom. The van der Waals surface area contributed by atoms with Gasteiger partial charge < -0.3 is 5.11 Å². The van der Waals surface area contributed by atoms with E-state index in [1.807, 2.05) is 42.4 Å². The third-order valence-electron chi connectivity index (χ3n) is 4.59. The van der Waals surface area contributed by atoms with E-state index in [-0.39, 0.29) is 6.54 Å². The highest BCUT2D eigenvalue weighted by Gasteiger charge is 2.23. The van der Waals surface area contributed by atoms with Crippen molar-refractivity contribution in [2.45, 2.75) is 25.4 Å². The van der Waals surface area contributed by atoms with Gasteiger partial charge in [-0.2, -0.15) is 0 Å². The summed E-state index contributed by atoms with van der Waals surface area (Å²) in [6.07, 6.45) is 3.97. The predicted molar refractivity (Wildman–Crippen MR) is 101 cm³/mol. The molecule has 3 rings (SSSR count). The number of thiazole rings is 1. The number of rotatable bonds is 6. The number of carboxylic acid groups (broad SMARTS) is 1. The van der Waals surface area contributed by atoms with Gasteiger partial charge >= 0.3 is 5.97 Å². The summed E-state index contributed by atoms with van der Waals surface area (Å²) in [4.78, 5) is 21.0. The van der Waals surface area contributed by atoms with Gasteiger partial charge in [-0.25, -0.2) is 4.98 Å². The van der Waals surface area contributed by atoms with Gasteiger partial charge in [0, 0.05) is 47.3 Å². The Balaban J connectivity index is 1.53. The molecule has 1 aliphatic rings. The number of aliphatic carboxylic acids is 1. The number of aromatic nitrogens is 1. The van der Waals surface area contributed by atoms with Crippen molar-refractivity contribution in [3.63, 3.8) is 0 Å². The highest BCUT2D eigenvalue weighted by atomic mass is 35.5. The minimum Gasteiger partial charge on any atom is -0.480 e.